The predicted octanol–water partition coefficient (Wildman–Crippen LogP) is 0.250. The highest BCUT2D eigenvalue weighted by Crippen LogP contribution is 2.57. The SMILES string of the molecule is CN(C)[C@@H]1C(=O)C(C(N)=O)C[C@@]2(O)C(=O)C3C(=O)c4c(O)c(NC(=O)[C@@H]5CCCN5C)cc(F)c4C[C@@]3(C)C[C@@H]12. The second kappa shape index (κ2) is 9.42. The number of nitrogens with two attached hydrogens (primary N) is 1. The summed E-state index contributed by atoms with van der Waals surface area (Å²) >= 11 is 0. The molecule has 7 atom stereocenters. The van der Waals surface area contributed by atoms with Crippen LogP contribution in [0.3, 0.4) is 0 Å². The van der Waals surface area contributed by atoms with E-state index in [2.05, 4.69) is 5.32 Å². The average Bonchev–Trinajstić information content (AvgIpc) is 3.29. The van der Waals surface area contributed by atoms with Crippen LogP contribution in [-0.4, -0.2) is 94.5 Å². The van der Waals surface area contributed by atoms with Crippen LogP contribution >= 0.6 is 0 Å². The number of phenols is 1. The highest BCUT2D eigenvalue weighted by atomic mass is 19.1. The number of amides is 2. The van der Waals surface area contributed by atoms with E-state index < -0.39 is 93.6 Å². The Balaban J connectivity index is 1.57. The lowest BCUT2D eigenvalue weighted by Crippen LogP contribution is -2.71. The fourth-order valence-corrected chi connectivity index (χ4v) is 7.66. The lowest BCUT2D eigenvalue weighted by molar-refractivity contribution is -0.182. The van der Waals surface area contributed by atoms with Gasteiger partial charge in [0.05, 0.1) is 29.3 Å². The third-order valence-electron chi connectivity index (χ3n) is 9.64. The maximum atomic E-state index is 15.6. The van der Waals surface area contributed by atoms with Crippen LogP contribution in [-0.2, 0) is 25.6 Å². The zero-order valence-electron chi connectivity index (χ0n) is 23.0. The van der Waals surface area contributed by atoms with Gasteiger partial charge in [-0.3, -0.25) is 33.8 Å². The van der Waals surface area contributed by atoms with E-state index in [1.54, 1.807) is 28.1 Å². The first-order valence-corrected chi connectivity index (χ1v) is 13.5. The lowest BCUT2D eigenvalue weighted by atomic mass is 9.48. The number of aromatic hydroxyl groups is 1. The second-order valence-corrected chi connectivity index (χ2v) is 12.4. The van der Waals surface area contributed by atoms with Crippen molar-refractivity contribution in [2.45, 2.75) is 56.7 Å². The number of hydrogen-bond acceptors (Lipinski definition) is 9. The number of nitrogens with zero attached hydrogens (tertiary/aromatic N) is 2. The van der Waals surface area contributed by atoms with Crippen molar-refractivity contribution >= 4 is 34.9 Å². The van der Waals surface area contributed by atoms with E-state index in [0.717, 1.165) is 12.5 Å². The molecule has 3 fully saturated rings. The summed E-state index contributed by atoms with van der Waals surface area (Å²) in [6, 6.07) is -0.525. The summed E-state index contributed by atoms with van der Waals surface area (Å²) < 4.78 is 15.6. The summed E-state index contributed by atoms with van der Waals surface area (Å²) in [7, 11) is 4.96. The van der Waals surface area contributed by atoms with Crippen LogP contribution in [0.25, 0.3) is 0 Å². The summed E-state index contributed by atoms with van der Waals surface area (Å²) in [6.07, 6.45) is 0.738. The lowest BCUT2D eigenvalue weighted by Gasteiger charge is -2.57. The summed E-state index contributed by atoms with van der Waals surface area (Å²) in [6.45, 7) is 2.35. The number of phenolic OH excluding ortho intramolecular Hbond substituents is 1. The molecule has 40 heavy (non-hydrogen) atoms. The fraction of sp³-hybridized carbons (Fsp3) is 0.607. The topological polar surface area (TPSA) is 170 Å². The molecule has 1 aromatic rings. The molecule has 1 heterocycles. The molecule has 2 saturated carbocycles. The van der Waals surface area contributed by atoms with E-state index in [1.807, 2.05) is 4.90 Å². The summed E-state index contributed by atoms with van der Waals surface area (Å²) in [5.41, 5.74) is 1.29. The Hall–Kier alpha value is -3.22. The van der Waals surface area contributed by atoms with E-state index >= 15 is 4.39 Å². The molecule has 4 aliphatic rings. The van der Waals surface area contributed by atoms with Crippen LogP contribution < -0.4 is 11.1 Å². The molecule has 5 rings (SSSR count). The molecular formula is C28H35FN4O7. The van der Waals surface area contributed by atoms with E-state index in [1.165, 1.54) is 4.90 Å². The van der Waals surface area contributed by atoms with Crippen molar-refractivity contribution in [2.24, 2.45) is 28.9 Å². The van der Waals surface area contributed by atoms with E-state index in [4.69, 9.17) is 5.73 Å². The number of hydrogen-bond donors (Lipinski definition) is 4. The number of carbonyl (C=O) groups is 5. The van der Waals surface area contributed by atoms with Gasteiger partial charge in [0.15, 0.2) is 17.3 Å². The zero-order chi connectivity index (χ0) is 29.5. The van der Waals surface area contributed by atoms with Crippen molar-refractivity contribution in [3.05, 3.63) is 23.0 Å². The fourth-order valence-electron chi connectivity index (χ4n) is 7.66. The Morgan fingerprint density at radius 2 is 1.90 bits per heavy atom. The van der Waals surface area contributed by atoms with Gasteiger partial charge in [-0.2, -0.15) is 0 Å². The van der Waals surface area contributed by atoms with Crippen molar-refractivity contribution in [2.75, 3.05) is 33.0 Å². The molecule has 216 valence electrons. The summed E-state index contributed by atoms with van der Waals surface area (Å²) in [5.74, 6) is -9.01. The monoisotopic (exact) mass is 558 g/mol. The average molecular weight is 559 g/mol. The Morgan fingerprint density at radius 3 is 2.48 bits per heavy atom. The Morgan fingerprint density at radius 1 is 1.23 bits per heavy atom. The minimum Gasteiger partial charge on any atom is -0.505 e. The molecule has 1 aliphatic heterocycles. The molecule has 0 bridgehead atoms. The van der Waals surface area contributed by atoms with E-state index in [-0.39, 0.29) is 24.1 Å². The molecule has 11 nitrogen and oxygen atoms in total. The van der Waals surface area contributed by atoms with Gasteiger partial charge in [-0.25, -0.2) is 4.39 Å². The predicted molar refractivity (Wildman–Crippen MR) is 140 cm³/mol. The Kier molecular flexibility index (Phi) is 6.67. The van der Waals surface area contributed by atoms with Gasteiger partial charge in [0.25, 0.3) is 0 Å². The molecule has 0 spiro atoms. The van der Waals surface area contributed by atoms with Crippen molar-refractivity contribution < 1.29 is 38.6 Å². The van der Waals surface area contributed by atoms with Gasteiger partial charge in [-0.15, -0.1) is 0 Å². The van der Waals surface area contributed by atoms with Gasteiger partial charge >= 0.3 is 0 Å². The molecule has 1 aromatic carbocycles. The molecule has 2 unspecified atom stereocenters. The third-order valence-corrected chi connectivity index (χ3v) is 9.64. The van der Waals surface area contributed by atoms with Gasteiger partial charge in [0, 0.05) is 24.0 Å². The molecule has 2 amide bonds. The number of Topliss-reactive ketones (excluding diaryl/α,β-unsaturated/α-hetero) is 3. The first-order chi connectivity index (χ1) is 18.6. The van der Waals surface area contributed by atoms with Gasteiger partial charge in [0.2, 0.25) is 11.8 Å². The van der Waals surface area contributed by atoms with E-state index in [0.29, 0.717) is 13.0 Å². The number of anilines is 1. The zero-order valence-corrected chi connectivity index (χ0v) is 23.0. The van der Waals surface area contributed by atoms with Crippen molar-refractivity contribution in [1.82, 2.24) is 9.80 Å². The molecule has 5 N–H and O–H groups in total. The first kappa shape index (κ1) is 28.3. The molecule has 0 radical (unpaired) electrons. The number of nitrogens with one attached hydrogen (secondary N) is 1. The second-order valence-electron chi connectivity index (χ2n) is 12.4. The highest BCUT2D eigenvalue weighted by Gasteiger charge is 2.68. The largest absolute Gasteiger partial charge is 0.505 e. The molecule has 0 aromatic heterocycles. The number of halogens is 1. The molecule has 3 aliphatic carbocycles. The third kappa shape index (κ3) is 3.99. The number of primary amides is 1. The standard InChI is InChI=1S/C28H35FN4O7/c1-27-9-12-15(29)8-16(31-26(39)17-6-5-7-33(17)4)22(35)18(12)23(36)19(27)24(37)28(40)10-13(25(30)38)21(34)20(32(2)3)14(28)11-27/h8,13-14,17,19-20,35,40H,5-7,9-11H2,1-4H3,(H2,30,38)(H,31,39)/t13?,14-,17-,19?,20-,27-,28-/m0/s1. The minimum atomic E-state index is -2.22. The normalized spacial score (nSPS) is 35.8. The Labute approximate surface area is 230 Å². The quantitative estimate of drug-likeness (QED) is 0.299. The maximum Gasteiger partial charge on any atom is 0.241 e. The number of aliphatic hydroxyl groups is 1. The van der Waals surface area contributed by atoms with Crippen LogP contribution in [0.5, 0.6) is 5.75 Å². The van der Waals surface area contributed by atoms with E-state index in [9.17, 15) is 34.2 Å². The number of likely N-dealkylation sites (tertiary alicyclic amines) is 1. The van der Waals surface area contributed by atoms with Crippen LogP contribution in [0.15, 0.2) is 6.07 Å². The Bertz CT molecular complexity index is 1350. The van der Waals surface area contributed by atoms with Gasteiger partial charge < -0.3 is 21.3 Å². The summed E-state index contributed by atoms with van der Waals surface area (Å²) in [4.78, 5) is 69.5. The van der Waals surface area contributed by atoms with Crippen LogP contribution in [0.2, 0.25) is 0 Å². The molecular weight excluding hydrogens is 523 g/mol. The van der Waals surface area contributed by atoms with Crippen molar-refractivity contribution in [3.8, 4) is 5.75 Å². The number of carbonyl (C=O) groups excluding carboxylic acids is 5. The number of rotatable bonds is 4. The number of benzene rings is 1. The first-order valence-electron chi connectivity index (χ1n) is 13.5. The van der Waals surface area contributed by atoms with Crippen LogP contribution in [0, 0.1) is 29.0 Å². The minimum absolute atomic E-state index is 0.0118. The number of ketones is 3. The smallest absolute Gasteiger partial charge is 0.241 e. The van der Waals surface area contributed by atoms with Crippen molar-refractivity contribution in [3.63, 3.8) is 0 Å². The molecule has 1 saturated heterocycles. The van der Waals surface area contributed by atoms with Crippen LogP contribution in [0.1, 0.15) is 48.5 Å². The number of likely N-dealkylation sites (N-methyl/N-ethyl adjacent to an activating group) is 2. The maximum absolute atomic E-state index is 15.6. The van der Waals surface area contributed by atoms with Gasteiger partial charge in [-0.1, -0.05) is 6.92 Å². The van der Waals surface area contributed by atoms with Gasteiger partial charge in [-0.05, 0) is 58.8 Å². The summed E-state index contributed by atoms with van der Waals surface area (Å²) in [5, 5.41) is 25.4. The van der Waals surface area contributed by atoms with Crippen LogP contribution in [0.4, 0.5) is 10.1 Å². The van der Waals surface area contributed by atoms with Gasteiger partial charge in [0.1, 0.15) is 23.1 Å². The van der Waals surface area contributed by atoms with Crippen molar-refractivity contribution in [1.29, 1.82) is 0 Å². The molecule has 12 heteroatoms. The highest BCUT2D eigenvalue weighted by molar-refractivity contribution is 6.18. The number of fused-ring (bicyclic) bond motifs is 3.